The molecule has 72 valence electrons. The Morgan fingerprint density at radius 3 is 2.85 bits per heavy atom. The summed E-state index contributed by atoms with van der Waals surface area (Å²) in [5.41, 5.74) is 0. The lowest BCUT2D eigenvalue weighted by Gasteiger charge is -2.36. The Kier molecular flexibility index (Phi) is 1.70. The van der Waals surface area contributed by atoms with E-state index in [1.165, 1.54) is 0 Å². The van der Waals surface area contributed by atoms with Gasteiger partial charge in [-0.15, -0.1) is 0 Å². The molecule has 2 saturated heterocycles. The van der Waals surface area contributed by atoms with Gasteiger partial charge in [-0.25, -0.2) is 0 Å². The van der Waals surface area contributed by atoms with Gasteiger partial charge in [-0.3, -0.25) is 4.79 Å². The van der Waals surface area contributed by atoms with Crippen LogP contribution in [0.2, 0.25) is 0 Å². The van der Waals surface area contributed by atoms with Crippen molar-refractivity contribution in [3.63, 3.8) is 0 Å². The maximum absolute atomic E-state index is 11.6. The summed E-state index contributed by atoms with van der Waals surface area (Å²) in [6, 6.07) is 0. The molecule has 3 fully saturated rings. The summed E-state index contributed by atoms with van der Waals surface area (Å²) in [5.74, 6) is 1.74. The molecule has 1 aliphatic carbocycles. The van der Waals surface area contributed by atoms with Gasteiger partial charge in [-0.1, -0.05) is 0 Å². The summed E-state index contributed by atoms with van der Waals surface area (Å²) in [7, 11) is 0. The van der Waals surface area contributed by atoms with Crippen LogP contribution in [0.4, 0.5) is 0 Å². The second-order valence-electron chi connectivity index (χ2n) is 4.46. The van der Waals surface area contributed by atoms with Gasteiger partial charge in [0.1, 0.15) is 5.78 Å². The third-order valence-corrected chi connectivity index (χ3v) is 3.65. The van der Waals surface area contributed by atoms with Crippen LogP contribution in [-0.2, 0) is 14.3 Å². The number of Topliss-reactive ketones (excluding diaryl/α,β-unsaturated/α-hetero) is 1. The first kappa shape index (κ1) is 7.94. The predicted molar refractivity (Wildman–Crippen MR) is 45.0 cm³/mol. The van der Waals surface area contributed by atoms with Crippen molar-refractivity contribution < 1.29 is 14.3 Å². The average molecular weight is 182 g/mol. The zero-order chi connectivity index (χ0) is 8.84. The lowest BCUT2D eigenvalue weighted by molar-refractivity contribution is -0.176. The van der Waals surface area contributed by atoms with Gasteiger partial charge in [-0.05, 0) is 18.3 Å². The summed E-state index contributed by atoms with van der Waals surface area (Å²) in [4.78, 5) is 11.6. The summed E-state index contributed by atoms with van der Waals surface area (Å²) in [5, 5.41) is 0. The van der Waals surface area contributed by atoms with Crippen molar-refractivity contribution in [2.75, 3.05) is 13.2 Å². The minimum atomic E-state index is -0.0165. The SMILES string of the molecule is O=C1C[C@@H]2CO[C@H]3CC2CC1CO3. The van der Waals surface area contributed by atoms with E-state index in [1.807, 2.05) is 0 Å². The number of hydrogen-bond donors (Lipinski definition) is 0. The summed E-state index contributed by atoms with van der Waals surface area (Å²) in [6.45, 7) is 1.32. The highest BCUT2D eigenvalue weighted by atomic mass is 16.7. The molecule has 0 N–H and O–H groups in total. The Hall–Kier alpha value is -0.410. The van der Waals surface area contributed by atoms with Gasteiger partial charge in [0.15, 0.2) is 6.29 Å². The van der Waals surface area contributed by atoms with E-state index in [-0.39, 0.29) is 12.2 Å². The lowest BCUT2D eigenvalue weighted by atomic mass is 9.72. The van der Waals surface area contributed by atoms with Crippen molar-refractivity contribution in [3.05, 3.63) is 0 Å². The van der Waals surface area contributed by atoms with E-state index in [9.17, 15) is 4.79 Å². The molecule has 2 unspecified atom stereocenters. The van der Waals surface area contributed by atoms with Crippen LogP contribution >= 0.6 is 0 Å². The van der Waals surface area contributed by atoms with Crippen molar-refractivity contribution >= 4 is 5.78 Å². The molecule has 0 aromatic heterocycles. The van der Waals surface area contributed by atoms with Crippen LogP contribution in [-0.4, -0.2) is 25.3 Å². The summed E-state index contributed by atoms with van der Waals surface area (Å²) >= 11 is 0. The van der Waals surface area contributed by atoms with Crippen molar-refractivity contribution in [1.82, 2.24) is 0 Å². The van der Waals surface area contributed by atoms with Gasteiger partial charge in [0.05, 0.1) is 13.2 Å². The standard InChI is InChI=1S/C10H14O3/c11-9-2-7-4-12-10-3-6(7)1-8(9)5-13-10/h6-8,10H,1-5H2/t6?,7-,8?,10-/m1/s1. The quantitative estimate of drug-likeness (QED) is 0.560. The number of carbonyl (C=O) groups excluding carboxylic acids is 1. The highest BCUT2D eigenvalue weighted by molar-refractivity contribution is 5.82. The second kappa shape index (κ2) is 2.79. The highest BCUT2D eigenvalue weighted by Gasteiger charge is 2.43. The van der Waals surface area contributed by atoms with Gasteiger partial charge in [0.25, 0.3) is 0 Å². The highest BCUT2D eigenvalue weighted by Crippen LogP contribution is 2.41. The van der Waals surface area contributed by atoms with Crippen LogP contribution in [0.1, 0.15) is 19.3 Å². The first-order valence-corrected chi connectivity index (χ1v) is 5.09. The lowest BCUT2D eigenvalue weighted by Crippen LogP contribution is -2.38. The van der Waals surface area contributed by atoms with Crippen LogP contribution in [0.5, 0.6) is 0 Å². The maximum Gasteiger partial charge on any atom is 0.157 e. The Balaban J connectivity index is 1.90. The fourth-order valence-corrected chi connectivity index (χ4v) is 2.81. The molecule has 1 saturated carbocycles. The number of carbonyl (C=O) groups is 1. The van der Waals surface area contributed by atoms with Crippen LogP contribution in [0.25, 0.3) is 0 Å². The zero-order valence-electron chi connectivity index (χ0n) is 7.57. The van der Waals surface area contributed by atoms with Crippen molar-refractivity contribution in [2.45, 2.75) is 25.6 Å². The monoisotopic (exact) mass is 182 g/mol. The number of ketones is 1. The second-order valence-corrected chi connectivity index (χ2v) is 4.46. The maximum atomic E-state index is 11.6. The predicted octanol–water partition coefficient (Wildman–Crippen LogP) is 0.974. The third-order valence-electron chi connectivity index (χ3n) is 3.65. The van der Waals surface area contributed by atoms with Crippen LogP contribution < -0.4 is 0 Å². The smallest absolute Gasteiger partial charge is 0.157 e. The minimum absolute atomic E-state index is 0.0165. The van der Waals surface area contributed by atoms with E-state index in [4.69, 9.17) is 9.47 Å². The van der Waals surface area contributed by atoms with Gasteiger partial charge >= 0.3 is 0 Å². The van der Waals surface area contributed by atoms with Gasteiger partial charge in [-0.2, -0.15) is 0 Å². The molecule has 3 rings (SSSR count). The molecule has 3 heteroatoms. The topological polar surface area (TPSA) is 35.5 Å². The van der Waals surface area contributed by atoms with E-state index in [2.05, 4.69) is 0 Å². The van der Waals surface area contributed by atoms with Gasteiger partial charge in [0.2, 0.25) is 0 Å². The van der Waals surface area contributed by atoms with Crippen LogP contribution in [0, 0.1) is 17.8 Å². The van der Waals surface area contributed by atoms with E-state index < -0.39 is 0 Å². The molecule has 0 aromatic carbocycles. The fourth-order valence-electron chi connectivity index (χ4n) is 2.81. The van der Waals surface area contributed by atoms with E-state index >= 15 is 0 Å². The Labute approximate surface area is 77.4 Å². The first-order chi connectivity index (χ1) is 6.33. The molecule has 13 heavy (non-hydrogen) atoms. The molecule has 0 spiro atoms. The minimum Gasteiger partial charge on any atom is -0.352 e. The van der Waals surface area contributed by atoms with Crippen molar-refractivity contribution in [1.29, 1.82) is 0 Å². The van der Waals surface area contributed by atoms with Crippen molar-refractivity contribution in [3.8, 4) is 0 Å². The van der Waals surface area contributed by atoms with Crippen LogP contribution in [0.3, 0.4) is 0 Å². The summed E-state index contributed by atoms with van der Waals surface area (Å²) < 4.78 is 11.1. The fraction of sp³-hybridized carbons (Fsp3) is 0.900. The molecule has 4 atom stereocenters. The van der Waals surface area contributed by atoms with E-state index in [0.717, 1.165) is 25.9 Å². The molecule has 2 heterocycles. The molecule has 0 radical (unpaired) electrons. The molecule has 2 aliphatic heterocycles. The number of rotatable bonds is 0. The molecule has 3 bridgehead atoms. The molecule has 3 nitrogen and oxygen atoms in total. The number of hydrogen-bond acceptors (Lipinski definition) is 3. The first-order valence-electron chi connectivity index (χ1n) is 5.09. The Bertz CT molecular complexity index is 238. The number of fused-ring (bicyclic) bond motifs is 2. The third kappa shape index (κ3) is 1.22. The average Bonchev–Trinajstić information content (AvgIpc) is 2.23. The van der Waals surface area contributed by atoms with Crippen molar-refractivity contribution in [2.24, 2.45) is 17.8 Å². The molecule has 3 aliphatic rings. The Morgan fingerprint density at radius 2 is 1.92 bits per heavy atom. The summed E-state index contributed by atoms with van der Waals surface area (Å²) in [6.07, 6.45) is 2.76. The number of ether oxygens (including phenoxy) is 2. The van der Waals surface area contributed by atoms with Gasteiger partial charge < -0.3 is 9.47 Å². The van der Waals surface area contributed by atoms with Gasteiger partial charge in [0, 0.05) is 18.8 Å². The normalized spacial score (nSPS) is 49.1. The Morgan fingerprint density at radius 1 is 1.08 bits per heavy atom. The van der Waals surface area contributed by atoms with E-state index in [1.54, 1.807) is 0 Å². The molecule has 0 amide bonds. The molecular weight excluding hydrogens is 168 g/mol. The van der Waals surface area contributed by atoms with Crippen LogP contribution in [0.15, 0.2) is 0 Å². The van der Waals surface area contributed by atoms with E-state index in [0.29, 0.717) is 24.2 Å². The zero-order valence-corrected chi connectivity index (χ0v) is 7.57. The molecule has 0 aromatic rings. The largest absolute Gasteiger partial charge is 0.352 e. The molecular formula is C10H14O3.